The average Bonchev–Trinajstić information content (AvgIpc) is 2.87. The fourth-order valence-corrected chi connectivity index (χ4v) is 3.37. The molecule has 1 aliphatic heterocycles. The van der Waals surface area contributed by atoms with Gasteiger partial charge in [0, 0.05) is 36.3 Å². The number of hydrogen-bond acceptors (Lipinski definition) is 5. The van der Waals surface area contributed by atoms with Crippen LogP contribution in [-0.2, 0) is 4.74 Å². The molecule has 7 nitrogen and oxygen atoms in total. The second-order valence-electron chi connectivity index (χ2n) is 7.03. The SMILES string of the molecule is C[C@H]1CN(C(=O)OC(C)(C)C)CCN1c1ncnc2[nH]cc(Br)c12. The van der Waals surface area contributed by atoms with Crippen LogP contribution in [0.15, 0.2) is 17.0 Å². The van der Waals surface area contributed by atoms with Gasteiger partial charge in [-0.1, -0.05) is 0 Å². The number of nitrogens with zero attached hydrogens (tertiary/aromatic N) is 4. The molecular formula is C16H22BrN5O2. The van der Waals surface area contributed by atoms with Crippen molar-refractivity contribution in [2.24, 2.45) is 0 Å². The Morgan fingerprint density at radius 1 is 1.38 bits per heavy atom. The predicted octanol–water partition coefficient (Wildman–Crippen LogP) is 3.17. The molecule has 0 saturated carbocycles. The van der Waals surface area contributed by atoms with Crippen LogP contribution in [0.1, 0.15) is 27.7 Å². The number of nitrogens with one attached hydrogen (secondary N) is 1. The summed E-state index contributed by atoms with van der Waals surface area (Å²) in [5, 5.41) is 0.968. The lowest BCUT2D eigenvalue weighted by Crippen LogP contribution is -2.54. The highest BCUT2D eigenvalue weighted by Gasteiger charge is 2.31. The number of anilines is 1. The summed E-state index contributed by atoms with van der Waals surface area (Å²) in [6.45, 7) is 9.63. The van der Waals surface area contributed by atoms with E-state index in [0.717, 1.165) is 21.3 Å². The number of aromatic nitrogens is 3. The minimum Gasteiger partial charge on any atom is -0.444 e. The first-order chi connectivity index (χ1) is 11.3. The third kappa shape index (κ3) is 3.33. The lowest BCUT2D eigenvalue weighted by Gasteiger charge is -2.40. The minimum atomic E-state index is -0.480. The van der Waals surface area contributed by atoms with Crippen LogP contribution in [0.25, 0.3) is 11.0 Å². The van der Waals surface area contributed by atoms with Gasteiger partial charge in [-0.15, -0.1) is 0 Å². The van der Waals surface area contributed by atoms with E-state index in [2.05, 4.69) is 42.7 Å². The molecule has 0 radical (unpaired) electrons. The Kier molecular flexibility index (Phi) is 4.42. The van der Waals surface area contributed by atoms with E-state index in [1.807, 2.05) is 27.0 Å². The molecule has 0 spiro atoms. The van der Waals surface area contributed by atoms with Gasteiger partial charge in [-0.2, -0.15) is 0 Å². The Labute approximate surface area is 149 Å². The number of carbonyl (C=O) groups excluding carboxylic acids is 1. The van der Waals surface area contributed by atoms with Gasteiger partial charge in [0.1, 0.15) is 23.4 Å². The Hall–Kier alpha value is -1.83. The highest BCUT2D eigenvalue weighted by Crippen LogP contribution is 2.32. The van der Waals surface area contributed by atoms with Gasteiger partial charge >= 0.3 is 6.09 Å². The first-order valence-corrected chi connectivity index (χ1v) is 8.78. The summed E-state index contributed by atoms with van der Waals surface area (Å²) in [6.07, 6.45) is 3.17. The Bertz CT molecular complexity index is 754. The van der Waals surface area contributed by atoms with Gasteiger partial charge in [-0.05, 0) is 43.6 Å². The van der Waals surface area contributed by atoms with Crippen molar-refractivity contribution in [1.82, 2.24) is 19.9 Å². The summed E-state index contributed by atoms with van der Waals surface area (Å²) in [6, 6.07) is 0.131. The second-order valence-corrected chi connectivity index (χ2v) is 7.88. The van der Waals surface area contributed by atoms with Crippen LogP contribution in [0.5, 0.6) is 0 Å². The average molecular weight is 396 g/mol. The summed E-state index contributed by atoms with van der Waals surface area (Å²) < 4.78 is 6.41. The van der Waals surface area contributed by atoms with Gasteiger partial charge in [-0.3, -0.25) is 0 Å². The number of carbonyl (C=O) groups is 1. The van der Waals surface area contributed by atoms with E-state index >= 15 is 0 Å². The van der Waals surface area contributed by atoms with E-state index in [1.54, 1.807) is 11.2 Å². The largest absolute Gasteiger partial charge is 0.444 e. The van der Waals surface area contributed by atoms with E-state index in [4.69, 9.17) is 4.74 Å². The summed E-state index contributed by atoms with van der Waals surface area (Å²) in [5.74, 6) is 0.879. The molecule has 0 aliphatic carbocycles. The molecule has 0 aromatic carbocycles. The fraction of sp³-hybridized carbons (Fsp3) is 0.562. The molecule has 2 aromatic heterocycles. The number of amides is 1. The maximum atomic E-state index is 12.3. The molecule has 0 bridgehead atoms. The maximum absolute atomic E-state index is 12.3. The fourth-order valence-electron chi connectivity index (χ4n) is 2.89. The van der Waals surface area contributed by atoms with Crippen molar-refractivity contribution < 1.29 is 9.53 Å². The molecule has 1 saturated heterocycles. The van der Waals surface area contributed by atoms with Gasteiger partial charge in [-0.25, -0.2) is 14.8 Å². The molecule has 0 unspecified atom stereocenters. The summed E-state index contributed by atoms with van der Waals surface area (Å²) in [5.41, 5.74) is 0.320. The van der Waals surface area contributed by atoms with Crippen molar-refractivity contribution in [2.75, 3.05) is 24.5 Å². The Balaban J connectivity index is 1.79. The third-order valence-electron chi connectivity index (χ3n) is 3.95. The Morgan fingerprint density at radius 2 is 2.12 bits per heavy atom. The maximum Gasteiger partial charge on any atom is 0.410 e. The standard InChI is InChI=1S/C16H22BrN5O2/c1-10-8-21(15(23)24-16(2,3)4)5-6-22(10)14-12-11(17)7-18-13(12)19-9-20-14/h7,9-10H,5-6,8H2,1-4H3,(H,18,19,20)/t10-/m0/s1. The molecule has 24 heavy (non-hydrogen) atoms. The normalized spacial score (nSPS) is 19.0. The highest BCUT2D eigenvalue weighted by molar-refractivity contribution is 9.10. The van der Waals surface area contributed by atoms with Crippen LogP contribution < -0.4 is 4.90 Å². The minimum absolute atomic E-state index is 0.131. The van der Waals surface area contributed by atoms with Crippen LogP contribution in [0.3, 0.4) is 0 Å². The topological polar surface area (TPSA) is 74.3 Å². The molecule has 1 amide bonds. The van der Waals surface area contributed by atoms with Crippen molar-refractivity contribution in [3.8, 4) is 0 Å². The van der Waals surface area contributed by atoms with E-state index in [1.165, 1.54) is 0 Å². The molecule has 1 N–H and O–H groups in total. The molecule has 1 aliphatic rings. The first kappa shape index (κ1) is 17.0. The molecule has 3 heterocycles. The zero-order valence-electron chi connectivity index (χ0n) is 14.3. The first-order valence-electron chi connectivity index (χ1n) is 7.98. The number of halogens is 1. The van der Waals surface area contributed by atoms with E-state index in [0.29, 0.717) is 19.6 Å². The molecular weight excluding hydrogens is 374 g/mol. The summed E-state index contributed by atoms with van der Waals surface area (Å²) in [7, 11) is 0. The van der Waals surface area contributed by atoms with Crippen LogP contribution in [0, 0.1) is 0 Å². The number of aromatic amines is 1. The molecule has 8 heteroatoms. The summed E-state index contributed by atoms with van der Waals surface area (Å²) >= 11 is 3.55. The summed E-state index contributed by atoms with van der Waals surface area (Å²) in [4.78, 5) is 28.1. The van der Waals surface area contributed by atoms with Gasteiger partial charge in [0.15, 0.2) is 0 Å². The smallest absolute Gasteiger partial charge is 0.410 e. The highest BCUT2D eigenvalue weighted by atomic mass is 79.9. The van der Waals surface area contributed by atoms with Crippen molar-refractivity contribution in [3.63, 3.8) is 0 Å². The van der Waals surface area contributed by atoms with Crippen LogP contribution in [0.2, 0.25) is 0 Å². The molecule has 2 aromatic rings. The van der Waals surface area contributed by atoms with Crippen molar-refractivity contribution >= 4 is 38.9 Å². The number of H-pyrrole nitrogens is 1. The Morgan fingerprint density at radius 3 is 2.79 bits per heavy atom. The number of fused-ring (bicyclic) bond motifs is 1. The zero-order valence-corrected chi connectivity index (χ0v) is 15.9. The van der Waals surface area contributed by atoms with Crippen LogP contribution in [0.4, 0.5) is 10.6 Å². The van der Waals surface area contributed by atoms with Gasteiger partial charge < -0.3 is 19.5 Å². The quantitative estimate of drug-likeness (QED) is 0.802. The molecule has 3 rings (SSSR count). The van der Waals surface area contributed by atoms with E-state index < -0.39 is 5.60 Å². The number of rotatable bonds is 1. The van der Waals surface area contributed by atoms with Crippen LogP contribution in [-0.4, -0.2) is 57.2 Å². The van der Waals surface area contributed by atoms with Gasteiger partial charge in [0.25, 0.3) is 0 Å². The van der Waals surface area contributed by atoms with E-state index in [-0.39, 0.29) is 12.1 Å². The lowest BCUT2D eigenvalue weighted by atomic mass is 10.1. The number of piperazine rings is 1. The predicted molar refractivity (Wildman–Crippen MR) is 96.2 cm³/mol. The third-order valence-corrected chi connectivity index (χ3v) is 4.58. The number of ether oxygens (including phenoxy) is 1. The lowest BCUT2D eigenvalue weighted by molar-refractivity contribution is 0.0218. The van der Waals surface area contributed by atoms with Gasteiger partial charge in [0.05, 0.1) is 5.39 Å². The van der Waals surface area contributed by atoms with Crippen molar-refractivity contribution in [1.29, 1.82) is 0 Å². The zero-order chi connectivity index (χ0) is 17.5. The molecule has 1 atom stereocenters. The van der Waals surface area contributed by atoms with E-state index in [9.17, 15) is 4.79 Å². The molecule has 1 fully saturated rings. The van der Waals surface area contributed by atoms with Crippen molar-refractivity contribution in [3.05, 3.63) is 17.0 Å². The molecule has 130 valence electrons. The van der Waals surface area contributed by atoms with Crippen molar-refractivity contribution in [2.45, 2.75) is 39.3 Å². The number of hydrogen-bond donors (Lipinski definition) is 1. The monoisotopic (exact) mass is 395 g/mol. The van der Waals surface area contributed by atoms with Crippen LogP contribution >= 0.6 is 15.9 Å². The second kappa shape index (κ2) is 6.23. The van der Waals surface area contributed by atoms with Gasteiger partial charge in [0.2, 0.25) is 0 Å².